The van der Waals surface area contributed by atoms with Crippen LogP contribution in [0.5, 0.6) is 0 Å². The summed E-state index contributed by atoms with van der Waals surface area (Å²) < 4.78 is 7.63. The van der Waals surface area contributed by atoms with Crippen LogP contribution in [0.25, 0.3) is 0 Å². The van der Waals surface area contributed by atoms with Crippen LogP contribution in [0, 0.1) is 5.92 Å². The van der Waals surface area contributed by atoms with E-state index in [9.17, 15) is 4.79 Å². The minimum atomic E-state index is -0.226. The van der Waals surface area contributed by atoms with Crippen molar-refractivity contribution >= 4 is 11.7 Å². The number of urea groups is 1. The molecule has 0 unspecified atom stereocenters. The molecule has 2 heterocycles. The summed E-state index contributed by atoms with van der Waals surface area (Å²) in [7, 11) is 0. The van der Waals surface area contributed by atoms with Crippen molar-refractivity contribution in [3.63, 3.8) is 0 Å². The summed E-state index contributed by atoms with van der Waals surface area (Å²) in [4.78, 5) is 12.3. The maximum absolute atomic E-state index is 12.3. The fourth-order valence-electron chi connectivity index (χ4n) is 2.95. The second-order valence-electron chi connectivity index (χ2n) is 6.54. The highest BCUT2D eigenvalue weighted by Crippen LogP contribution is 2.28. The number of benzene rings is 1. The van der Waals surface area contributed by atoms with Crippen LogP contribution in [-0.2, 0) is 11.3 Å². The lowest BCUT2D eigenvalue weighted by atomic mass is 10.0. The molecular weight excluding hydrogens is 304 g/mol. The maximum atomic E-state index is 12.3. The van der Waals surface area contributed by atoms with Crippen molar-refractivity contribution in [2.45, 2.75) is 39.0 Å². The van der Waals surface area contributed by atoms with Crippen LogP contribution in [-0.4, -0.2) is 28.5 Å². The van der Waals surface area contributed by atoms with Crippen molar-refractivity contribution in [3.8, 4) is 0 Å². The zero-order valence-corrected chi connectivity index (χ0v) is 14.1. The Bertz CT molecular complexity index is 669. The van der Waals surface area contributed by atoms with Crippen molar-refractivity contribution in [3.05, 3.63) is 48.3 Å². The molecule has 2 amide bonds. The minimum absolute atomic E-state index is 0.0295. The average Bonchev–Trinajstić information content (AvgIpc) is 3.17. The Kier molecular flexibility index (Phi) is 5.15. The molecule has 6 heteroatoms. The van der Waals surface area contributed by atoms with Crippen LogP contribution < -0.4 is 10.6 Å². The molecule has 0 aliphatic carbocycles. The van der Waals surface area contributed by atoms with Crippen LogP contribution in [0.1, 0.15) is 31.9 Å². The smallest absolute Gasteiger partial charge is 0.319 e. The lowest BCUT2D eigenvalue weighted by Gasteiger charge is -2.20. The summed E-state index contributed by atoms with van der Waals surface area (Å²) in [6, 6.07) is 9.74. The van der Waals surface area contributed by atoms with Crippen LogP contribution in [0.3, 0.4) is 0 Å². The number of amides is 2. The molecule has 0 bridgehead atoms. The summed E-state index contributed by atoms with van der Waals surface area (Å²) in [6.07, 6.45) is 4.22. The second kappa shape index (κ2) is 7.49. The molecule has 24 heavy (non-hydrogen) atoms. The molecule has 3 rings (SSSR count). The molecule has 1 aliphatic heterocycles. The molecule has 1 aliphatic rings. The van der Waals surface area contributed by atoms with E-state index in [-0.39, 0.29) is 18.2 Å². The molecule has 1 saturated heterocycles. The topological polar surface area (TPSA) is 68.2 Å². The molecule has 0 radical (unpaired) electrons. The number of nitrogens with zero attached hydrogens (tertiary/aromatic N) is 2. The monoisotopic (exact) mass is 328 g/mol. The molecule has 1 fully saturated rings. The molecule has 0 saturated carbocycles. The third-order valence-electron chi connectivity index (χ3n) is 3.98. The Morgan fingerprint density at radius 3 is 2.92 bits per heavy atom. The SMILES string of the molecule is CC(C)Cn1cc(NC(=O)N[C@H]2CCO[C@@H]2c2ccccc2)cn1. The van der Waals surface area contributed by atoms with E-state index in [0.717, 1.165) is 18.5 Å². The van der Waals surface area contributed by atoms with Crippen LogP contribution >= 0.6 is 0 Å². The van der Waals surface area contributed by atoms with Gasteiger partial charge in [0, 0.05) is 19.3 Å². The van der Waals surface area contributed by atoms with E-state index in [0.29, 0.717) is 18.2 Å². The van der Waals surface area contributed by atoms with Crippen molar-refractivity contribution < 1.29 is 9.53 Å². The number of ether oxygens (including phenoxy) is 1. The normalized spacial score (nSPS) is 20.3. The first-order valence-electron chi connectivity index (χ1n) is 8.38. The Hall–Kier alpha value is -2.34. The van der Waals surface area contributed by atoms with Gasteiger partial charge in [0.15, 0.2) is 0 Å². The number of hydrogen-bond acceptors (Lipinski definition) is 3. The van der Waals surface area contributed by atoms with Gasteiger partial charge >= 0.3 is 6.03 Å². The van der Waals surface area contributed by atoms with Crippen molar-refractivity contribution in [2.24, 2.45) is 5.92 Å². The van der Waals surface area contributed by atoms with Gasteiger partial charge in [-0.15, -0.1) is 0 Å². The lowest BCUT2D eigenvalue weighted by molar-refractivity contribution is 0.100. The molecule has 1 aromatic heterocycles. The van der Waals surface area contributed by atoms with E-state index in [2.05, 4.69) is 29.6 Å². The predicted octanol–water partition coefficient (Wildman–Crippen LogP) is 3.19. The number of rotatable bonds is 5. The Morgan fingerprint density at radius 1 is 1.38 bits per heavy atom. The lowest BCUT2D eigenvalue weighted by Crippen LogP contribution is -2.39. The Balaban J connectivity index is 1.57. The van der Waals surface area contributed by atoms with Crippen molar-refractivity contribution in [1.29, 1.82) is 0 Å². The van der Waals surface area contributed by atoms with Crippen molar-refractivity contribution in [2.75, 3.05) is 11.9 Å². The van der Waals surface area contributed by atoms with Gasteiger partial charge in [0.05, 0.1) is 17.9 Å². The highest BCUT2D eigenvalue weighted by molar-refractivity contribution is 5.89. The molecule has 2 atom stereocenters. The Labute approximate surface area is 142 Å². The molecule has 0 spiro atoms. The quantitative estimate of drug-likeness (QED) is 0.886. The molecule has 128 valence electrons. The Morgan fingerprint density at radius 2 is 2.17 bits per heavy atom. The van der Waals surface area contributed by atoms with E-state index < -0.39 is 0 Å². The second-order valence-corrected chi connectivity index (χ2v) is 6.54. The van der Waals surface area contributed by atoms with Gasteiger partial charge in [0.2, 0.25) is 0 Å². The van der Waals surface area contributed by atoms with Gasteiger partial charge in [0.1, 0.15) is 6.10 Å². The first-order valence-corrected chi connectivity index (χ1v) is 8.38. The molecule has 2 N–H and O–H groups in total. The summed E-state index contributed by atoms with van der Waals surface area (Å²) in [5.41, 5.74) is 1.79. The van der Waals surface area contributed by atoms with Gasteiger partial charge in [-0.2, -0.15) is 5.10 Å². The van der Waals surface area contributed by atoms with E-state index in [1.807, 2.05) is 41.2 Å². The summed E-state index contributed by atoms with van der Waals surface area (Å²) in [5, 5.41) is 10.1. The largest absolute Gasteiger partial charge is 0.371 e. The molecule has 1 aromatic carbocycles. The predicted molar refractivity (Wildman–Crippen MR) is 92.8 cm³/mol. The maximum Gasteiger partial charge on any atom is 0.319 e. The highest BCUT2D eigenvalue weighted by atomic mass is 16.5. The van der Waals surface area contributed by atoms with Gasteiger partial charge in [-0.05, 0) is 17.9 Å². The van der Waals surface area contributed by atoms with Gasteiger partial charge < -0.3 is 15.4 Å². The van der Waals surface area contributed by atoms with E-state index in [4.69, 9.17) is 4.74 Å². The fourth-order valence-corrected chi connectivity index (χ4v) is 2.95. The van der Waals surface area contributed by atoms with Crippen molar-refractivity contribution in [1.82, 2.24) is 15.1 Å². The summed E-state index contributed by atoms with van der Waals surface area (Å²) in [5.74, 6) is 0.508. The number of carbonyl (C=O) groups excluding carboxylic acids is 1. The van der Waals surface area contributed by atoms with E-state index >= 15 is 0 Å². The van der Waals surface area contributed by atoms with Gasteiger partial charge in [0.25, 0.3) is 0 Å². The third kappa shape index (κ3) is 4.14. The van der Waals surface area contributed by atoms with E-state index in [1.54, 1.807) is 6.20 Å². The first-order chi connectivity index (χ1) is 11.6. The third-order valence-corrected chi connectivity index (χ3v) is 3.98. The minimum Gasteiger partial charge on any atom is -0.371 e. The zero-order valence-electron chi connectivity index (χ0n) is 14.1. The van der Waals surface area contributed by atoms with Crippen LogP contribution in [0.15, 0.2) is 42.7 Å². The van der Waals surface area contributed by atoms with E-state index in [1.165, 1.54) is 0 Å². The van der Waals surface area contributed by atoms with Gasteiger partial charge in [-0.25, -0.2) is 4.79 Å². The summed E-state index contributed by atoms with van der Waals surface area (Å²) in [6.45, 7) is 5.74. The average molecular weight is 328 g/mol. The van der Waals surface area contributed by atoms with Gasteiger partial charge in [-0.1, -0.05) is 44.2 Å². The van der Waals surface area contributed by atoms with Crippen LogP contribution in [0.2, 0.25) is 0 Å². The number of aromatic nitrogens is 2. The number of nitrogens with one attached hydrogen (secondary N) is 2. The number of anilines is 1. The molecular formula is C18H24N4O2. The molecule has 6 nitrogen and oxygen atoms in total. The summed E-state index contributed by atoms with van der Waals surface area (Å²) >= 11 is 0. The number of hydrogen-bond donors (Lipinski definition) is 2. The highest BCUT2D eigenvalue weighted by Gasteiger charge is 2.30. The molecule has 2 aromatic rings. The standard InChI is InChI=1S/C18H24N4O2/c1-13(2)11-22-12-15(10-19-22)20-18(23)21-16-8-9-24-17(16)14-6-4-3-5-7-14/h3-7,10,12-13,16-17H,8-9,11H2,1-2H3,(H2,20,21,23)/t16-,17+/m0/s1. The van der Waals surface area contributed by atoms with Crippen LogP contribution in [0.4, 0.5) is 10.5 Å². The zero-order chi connectivity index (χ0) is 16.9. The fraction of sp³-hybridized carbons (Fsp3) is 0.444. The first kappa shape index (κ1) is 16.5. The number of carbonyl (C=O) groups is 1. The van der Waals surface area contributed by atoms with Gasteiger partial charge in [-0.3, -0.25) is 4.68 Å².